The highest BCUT2D eigenvalue weighted by Crippen LogP contribution is 2.37. The number of benzene rings is 2. The lowest BCUT2D eigenvalue weighted by atomic mass is 9.85. The minimum atomic E-state index is 0.0987. The summed E-state index contributed by atoms with van der Waals surface area (Å²) in [5.74, 6) is 0. The van der Waals surface area contributed by atoms with Crippen LogP contribution in [-0.4, -0.2) is 0 Å². The van der Waals surface area contributed by atoms with Gasteiger partial charge in [-0.15, -0.1) is 0 Å². The molecular weight excluding hydrogens is 316 g/mol. The molecule has 1 aliphatic rings. The Morgan fingerprint density at radius 3 is 1.62 bits per heavy atom. The van der Waals surface area contributed by atoms with Gasteiger partial charge in [0.1, 0.15) is 17.7 Å². The van der Waals surface area contributed by atoms with Crippen molar-refractivity contribution in [2.24, 2.45) is 0 Å². The molecular formula is C24H16N2. The Bertz CT molecular complexity index is 985. The second-order valence-corrected chi connectivity index (χ2v) is 5.64. The highest BCUT2D eigenvalue weighted by atomic mass is 14.3. The first-order valence-electron chi connectivity index (χ1n) is 8.26. The van der Waals surface area contributed by atoms with E-state index in [-0.39, 0.29) is 5.57 Å². The van der Waals surface area contributed by atoms with Gasteiger partial charge in [-0.25, -0.2) is 0 Å². The molecule has 0 amide bonds. The molecule has 0 heterocycles. The molecule has 2 aromatic rings. The summed E-state index contributed by atoms with van der Waals surface area (Å²) in [7, 11) is 0. The average molecular weight is 332 g/mol. The van der Waals surface area contributed by atoms with E-state index >= 15 is 0 Å². The monoisotopic (exact) mass is 332 g/mol. The predicted octanol–water partition coefficient (Wildman–Crippen LogP) is 5.62. The van der Waals surface area contributed by atoms with Gasteiger partial charge < -0.3 is 0 Å². The van der Waals surface area contributed by atoms with Gasteiger partial charge in [0.25, 0.3) is 0 Å². The van der Waals surface area contributed by atoms with Crippen molar-refractivity contribution in [3.63, 3.8) is 0 Å². The van der Waals surface area contributed by atoms with E-state index in [1.54, 1.807) is 0 Å². The molecule has 0 fully saturated rings. The van der Waals surface area contributed by atoms with Gasteiger partial charge in [-0.05, 0) is 22.3 Å². The molecule has 122 valence electrons. The summed E-state index contributed by atoms with van der Waals surface area (Å²) < 4.78 is 0. The predicted molar refractivity (Wildman–Crippen MR) is 105 cm³/mol. The zero-order chi connectivity index (χ0) is 18.2. The first-order chi connectivity index (χ1) is 12.8. The fourth-order valence-corrected chi connectivity index (χ4v) is 2.88. The molecule has 0 atom stereocenters. The SMILES string of the molecule is N#CC(C#N)=C(C(=C1C=CC=CC=C1)c1ccccc1)c1ccccc1. The van der Waals surface area contributed by atoms with Gasteiger partial charge in [0.15, 0.2) is 0 Å². The van der Waals surface area contributed by atoms with E-state index in [1.165, 1.54) is 0 Å². The molecule has 1 aliphatic carbocycles. The molecule has 0 aromatic heterocycles. The zero-order valence-electron chi connectivity index (χ0n) is 14.1. The molecule has 0 saturated carbocycles. The topological polar surface area (TPSA) is 47.6 Å². The normalized spacial score (nSPS) is 12.0. The van der Waals surface area contributed by atoms with Gasteiger partial charge in [0.2, 0.25) is 0 Å². The molecule has 2 heteroatoms. The number of hydrogen-bond donors (Lipinski definition) is 0. The summed E-state index contributed by atoms with van der Waals surface area (Å²) in [6.45, 7) is 0. The van der Waals surface area contributed by atoms with Crippen LogP contribution in [0.2, 0.25) is 0 Å². The first kappa shape index (κ1) is 17.0. The molecule has 0 N–H and O–H groups in total. The van der Waals surface area contributed by atoms with Crippen molar-refractivity contribution >= 4 is 11.1 Å². The van der Waals surface area contributed by atoms with E-state index in [0.717, 1.165) is 22.3 Å². The van der Waals surface area contributed by atoms with Crippen molar-refractivity contribution < 1.29 is 0 Å². The molecule has 3 rings (SSSR count). The average Bonchev–Trinajstić information content (AvgIpc) is 2.99. The van der Waals surface area contributed by atoms with E-state index in [1.807, 2.05) is 97.1 Å². The maximum atomic E-state index is 9.61. The fraction of sp³-hybridized carbons (Fsp3) is 0. The Balaban J connectivity index is 2.40. The van der Waals surface area contributed by atoms with Crippen LogP contribution in [0.1, 0.15) is 11.1 Å². The molecule has 2 aromatic carbocycles. The van der Waals surface area contributed by atoms with Gasteiger partial charge >= 0.3 is 0 Å². The number of allylic oxidation sites excluding steroid dienone is 10. The molecule has 0 saturated heterocycles. The van der Waals surface area contributed by atoms with E-state index in [2.05, 4.69) is 12.1 Å². The van der Waals surface area contributed by atoms with Gasteiger partial charge in [-0.2, -0.15) is 10.5 Å². The minimum absolute atomic E-state index is 0.0987. The highest BCUT2D eigenvalue weighted by Gasteiger charge is 2.18. The number of rotatable bonds is 3. The van der Waals surface area contributed by atoms with Crippen LogP contribution in [0.3, 0.4) is 0 Å². The lowest BCUT2D eigenvalue weighted by Gasteiger charge is -2.16. The maximum absolute atomic E-state index is 9.61. The molecule has 0 radical (unpaired) electrons. The molecule has 0 spiro atoms. The number of hydrogen-bond acceptors (Lipinski definition) is 2. The van der Waals surface area contributed by atoms with Gasteiger partial charge in [-0.3, -0.25) is 0 Å². The Morgan fingerprint density at radius 1 is 0.615 bits per heavy atom. The van der Waals surface area contributed by atoms with Crippen LogP contribution in [0.5, 0.6) is 0 Å². The first-order valence-corrected chi connectivity index (χ1v) is 8.26. The molecule has 26 heavy (non-hydrogen) atoms. The third-order valence-electron chi connectivity index (χ3n) is 4.02. The second-order valence-electron chi connectivity index (χ2n) is 5.64. The van der Waals surface area contributed by atoms with E-state index < -0.39 is 0 Å². The number of nitrogens with zero attached hydrogens (tertiary/aromatic N) is 2. The fourth-order valence-electron chi connectivity index (χ4n) is 2.88. The Hall–Kier alpha value is -3.88. The largest absolute Gasteiger partial charge is 0.192 e. The van der Waals surface area contributed by atoms with Crippen LogP contribution in [-0.2, 0) is 0 Å². The Morgan fingerprint density at radius 2 is 1.12 bits per heavy atom. The van der Waals surface area contributed by atoms with E-state index in [4.69, 9.17) is 0 Å². The van der Waals surface area contributed by atoms with Crippen molar-refractivity contribution in [2.45, 2.75) is 0 Å². The van der Waals surface area contributed by atoms with Gasteiger partial charge in [0, 0.05) is 5.57 Å². The van der Waals surface area contributed by atoms with Crippen LogP contribution in [0.4, 0.5) is 0 Å². The minimum Gasteiger partial charge on any atom is -0.192 e. The van der Waals surface area contributed by atoms with Crippen molar-refractivity contribution in [1.29, 1.82) is 10.5 Å². The van der Waals surface area contributed by atoms with E-state index in [9.17, 15) is 10.5 Å². The zero-order valence-corrected chi connectivity index (χ0v) is 14.1. The molecule has 2 nitrogen and oxygen atoms in total. The van der Waals surface area contributed by atoms with Crippen LogP contribution in [0, 0.1) is 22.7 Å². The van der Waals surface area contributed by atoms with Gasteiger partial charge in [-0.1, -0.05) is 97.1 Å². The van der Waals surface area contributed by atoms with Crippen LogP contribution in [0.15, 0.2) is 108 Å². The molecule has 0 bridgehead atoms. The summed E-state index contributed by atoms with van der Waals surface area (Å²) in [6, 6.07) is 23.6. The third-order valence-corrected chi connectivity index (χ3v) is 4.02. The quantitative estimate of drug-likeness (QED) is 0.684. The summed E-state index contributed by atoms with van der Waals surface area (Å²) >= 11 is 0. The molecule has 0 unspecified atom stereocenters. The van der Waals surface area contributed by atoms with Crippen molar-refractivity contribution in [3.05, 3.63) is 119 Å². The second kappa shape index (κ2) is 8.29. The lowest BCUT2D eigenvalue weighted by molar-refractivity contribution is 1.45. The maximum Gasteiger partial charge on any atom is 0.138 e. The molecule has 0 aliphatic heterocycles. The summed E-state index contributed by atoms with van der Waals surface area (Å²) in [5.41, 5.74) is 4.36. The van der Waals surface area contributed by atoms with E-state index in [0.29, 0.717) is 5.57 Å². The van der Waals surface area contributed by atoms with Crippen LogP contribution >= 0.6 is 0 Å². The Labute approximate surface area is 153 Å². The van der Waals surface area contributed by atoms with Crippen LogP contribution in [0.25, 0.3) is 11.1 Å². The smallest absolute Gasteiger partial charge is 0.138 e. The number of nitriles is 2. The lowest BCUT2D eigenvalue weighted by Crippen LogP contribution is -1.97. The van der Waals surface area contributed by atoms with Crippen molar-refractivity contribution in [2.75, 3.05) is 0 Å². The summed E-state index contributed by atoms with van der Waals surface area (Å²) in [6.07, 6.45) is 11.8. The van der Waals surface area contributed by atoms with Crippen LogP contribution < -0.4 is 0 Å². The Kier molecular flexibility index (Phi) is 5.41. The van der Waals surface area contributed by atoms with Crippen molar-refractivity contribution in [1.82, 2.24) is 0 Å². The third kappa shape index (κ3) is 3.61. The summed E-state index contributed by atoms with van der Waals surface area (Å²) in [5, 5.41) is 19.2. The highest BCUT2D eigenvalue weighted by molar-refractivity contribution is 6.10. The summed E-state index contributed by atoms with van der Waals surface area (Å²) in [4.78, 5) is 0. The standard InChI is InChI=1S/C24H16N2/c25-17-22(18-26)24(21-15-9-4-10-16-21)23(20-13-7-3-8-14-20)19-11-5-1-2-6-12-19/h1-16H. The van der Waals surface area contributed by atoms with Gasteiger partial charge in [0.05, 0.1) is 0 Å². The van der Waals surface area contributed by atoms with Crippen molar-refractivity contribution in [3.8, 4) is 12.1 Å².